The first-order valence-electron chi connectivity index (χ1n) is 3.25. The molecule has 1 saturated heterocycles. The average Bonchev–Trinajstić information content (AvgIpc) is 2.70. The van der Waals surface area contributed by atoms with Gasteiger partial charge in [0.1, 0.15) is 0 Å². The highest BCUT2D eigenvalue weighted by atomic mass is 16.6. The van der Waals surface area contributed by atoms with Crippen LogP contribution in [0.4, 0.5) is 0 Å². The zero-order valence-electron chi connectivity index (χ0n) is 6.02. The summed E-state index contributed by atoms with van der Waals surface area (Å²) in [6.45, 7) is 4.39. The minimum Gasteiger partial charge on any atom is -0.373 e. The van der Waals surface area contributed by atoms with Crippen LogP contribution in [0.2, 0.25) is 0 Å². The van der Waals surface area contributed by atoms with E-state index in [1.807, 2.05) is 0 Å². The number of amides is 1. The molecule has 3 nitrogen and oxygen atoms in total. The van der Waals surface area contributed by atoms with E-state index in [-0.39, 0.29) is 12.0 Å². The van der Waals surface area contributed by atoms with E-state index in [1.54, 1.807) is 7.05 Å². The first kappa shape index (κ1) is 7.28. The van der Waals surface area contributed by atoms with E-state index in [2.05, 4.69) is 11.9 Å². The Labute approximate surface area is 60.1 Å². The second-order valence-corrected chi connectivity index (χ2v) is 2.34. The molecule has 0 bridgehead atoms. The number of rotatable bonds is 3. The molecular weight excluding hydrogens is 130 g/mol. The Morgan fingerprint density at radius 3 is 2.90 bits per heavy atom. The zero-order valence-corrected chi connectivity index (χ0v) is 6.02. The van der Waals surface area contributed by atoms with Gasteiger partial charge in [0.05, 0.1) is 12.7 Å². The van der Waals surface area contributed by atoms with Crippen LogP contribution in [0.1, 0.15) is 6.42 Å². The van der Waals surface area contributed by atoms with E-state index in [9.17, 15) is 4.79 Å². The molecule has 0 spiro atoms. The van der Waals surface area contributed by atoms with E-state index in [4.69, 9.17) is 4.74 Å². The molecule has 1 aliphatic heterocycles. The summed E-state index contributed by atoms with van der Waals surface area (Å²) in [6.07, 6.45) is 0.921. The maximum absolute atomic E-state index is 10.8. The van der Waals surface area contributed by atoms with Gasteiger partial charge in [-0.25, -0.2) is 0 Å². The Morgan fingerprint density at radius 2 is 2.50 bits per heavy atom. The lowest BCUT2D eigenvalue weighted by Crippen LogP contribution is -2.20. The molecule has 3 heteroatoms. The number of hydrogen-bond donors (Lipinski definition) is 1. The van der Waals surface area contributed by atoms with Crippen LogP contribution in [0.3, 0.4) is 0 Å². The van der Waals surface area contributed by atoms with E-state index >= 15 is 0 Å². The number of likely N-dealkylation sites (N-methyl/N-ethyl adjacent to an activating group) is 1. The summed E-state index contributed by atoms with van der Waals surface area (Å²) in [5.74, 6) is -0.0875. The molecule has 1 heterocycles. The number of epoxide rings is 1. The van der Waals surface area contributed by atoms with Crippen LogP contribution in [0.25, 0.3) is 0 Å². The maximum atomic E-state index is 10.8. The van der Waals surface area contributed by atoms with Crippen molar-refractivity contribution in [1.29, 1.82) is 0 Å². The maximum Gasteiger partial charge on any atom is 0.246 e. The summed E-state index contributed by atoms with van der Waals surface area (Å²) in [6, 6.07) is 0. The molecular formula is C7H11NO2. The molecule has 0 aromatic heterocycles. The van der Waals surface area contributed by atoms with Gasteiger partial charge in [-0.15, -0.1) is 0 Å². The summed E-state index contributed by atoms with van der Waals surface area (Å²) >= 11 is 0. The fraction of sp³-hybridized carbons (Fsp3) is 0.571. The summed E-state index contributed by atoms with van der Waals surface area (Å²) in [4.78, 5) is 10.8. The van der Waals surface area contributed by atoms with Gasteiger partial charge in [-0.1, -0.05) is 6.58 Å². The molecule has 56 valence electrons. The molecule has 1 unspecified atom stereocenters. The molecule has 1 N–H and O–H groups in total. The largest absolute Gasteiger partial charge is 0.373 e. The van der Waals surface area contributed by atoms with Crippen molar-refractivity contribution in [2.45, 2.75) is 12.5 Å². The highest BCUT2D eigenvalue weighted by molar-refractivity contribution is 5.92. The Balaban J connectivity index is 2.25. The lowest BCUT2D eigenvalue weighted by Gasteiger charge is -1.99. The third-order valence-electron chi connectivity index (χ3n) is 1.42. The second kappa shape index (κ2) is 2.84. The van der Waals surface area contributed by atoms with Gasteiger partial charge in [-0.2, -0.15) is 0 Å². The van der Waals surface area contributed by atoms with Crippen molar-refractivity contribution in [2.75, 3.05) is 13.7 Å². The normalized spacial score (nSPS) is 21.9. The van der Waals surface area contributed by atoms with Gasteiger partial charge in [0.25, 0.3) is 0 Å². The van der Waals surface area contributed by atoms with Crippen molar-refractivity contribution < 1.29 is 9.53 Å². The Hall–Kier alpha value is -0.830. The van der Waals surface area contributed by atoms with Crippen molar-refractivity contribution in [3.05, 3.63) is 12.2 Å². The topological polar surface area (TPSA) is 41.6 Å². The van der Waals surface area contributed by atoms with Gasteiger partial charge >= 0.3 is 0 Å². The van der Waals surface area contributed by atoms with Crippen LogP contribution in [0, 0.1) is 0 Å². The Kier molecular flexibility index (Phi) is 2.06. The monoisotopic (exact) mass is 141 g/mol. The van der Waals surface area contributed by atoms with Gasteiger partial charge < -0.3 is 10.1 Å². The molecule has 1 amide bonds. The summed E-state index contributed by atoms with van der Waals surface area (Å²) in [5, 5.41) is 2.50. The number of carbonyl (C=O) groups excluding carboxylic acids is 1. The molecule has 10 heavy (non-hydrogen) atoms. The van der Waals surface area contributed by atoms with Crippen molar-refractivity contribution in [2.24, 2.45) is 0 Å². The predicted octanol–water partition coefficient (Wildman–Crippen LogP) is 0.0775. The van der Waals surface area contributed by atoms with Crippen LogP contribution >= 0.6 is 0 Å². The van der Waals surface area contributed by atoms with Crippen molar-refractivity contribution in [1.82, 2.24) is 5.32 Å². The molecule has 0 aliphatic carbocycles. The van der Waals surface area contributed by atoms with Crippen molar-refractivity contribution in [3.8, 4) is 0 Å². The van der Waals surface area contributed by atoms with Crippen LogP contribution in [-0.4, -0.2) is 25.7 Å². The van der Waals surface area contributed by atoms with Gasteiger partial charge in [0.15, 0.2) is 0 Å². The third kappa shape index (κ3) is 1.84. The van der Waals surface area contributed by atoms with E-state index in [0.717, 1.165) is 6.61 Å². The zero-order chi connectivity index (χ0) is 7.56. The average molecular weight is 141 g/mol. The molecule has 0 radical (unpaired) electrons. The quantitative estimate of drug-likeness (QED) is 0.446. The summed E-state index contributed by atoms with van der Waals surface area (Å²) in [7, 11) is 1.60. The highest BCUT2D eigenvalue weighted by Gasteiger charge is 2.24. The Morgan fingerprint density at radius 1 is 1.90 bits per heavy atom. The number of nitrogens with one attached hydrogen (secondary N) is 1. The minimum atomic E-state index is -0.0875. The molecule has 1 fully saturated rings. The third-order valence-corrected chi connectivity index (χ3v) is 1.42. The van der Waals surface area contributed by atoms with Gasteiger partial charge in [0.2, 0.25) is 5.91 Å². The molecule has 0 saturated carbocycles. The second-order valence-electron chi connectivity index (χ2n) is 2.34. The summed E-state index contributed by atoms with van der Waals surface area (Å²) in [5.41, 5.74) is 0.602. The number of ether oxygens (including phenoxy) is 1. The first-order valence-corrected chi connectivity index (χ1v) is 3.25. The molecule has 0 aromatic rings. The van der Waals surface area contributed by atoms with E-state index in [1.165, 1.54) is 0 Å². The fourth-order valence-electron chi connectivity index (χ4n) is 0.730. The van der Waals surface area contributed by atoms with Crippen LogP contribution in [0.5, 0.6) is 0 Å². The molecule has 1 aliphatic rings. The minimum absolute atomic E-state index is 0.0875. The van der Waals surface area contributed by atoms with Gasteiger partial charge in [0, 0.05) is 19.0 Å². The van der Waals surface area contributed by atoms with Crippen LogP contribution in [0.15, 0.2) is 12.2 Å². The van der Waals surface area contributed by atoms with Gasteiger partial charge in [-0.3, -0.25) is 4.79 Å². The predicted molar refractivity (Wildman–Crippen MR) is 37.6 cm³/mol. The smallest absolute Gasteiger partial charge is 0.246 e. The Bertz CT molecular complexity index is 161. The van der Waals surface area contributed by atoms with E-state index in [0.29, 0.717) is 12.0 Å². The SMILES string of the molecule is C=C(CC1CO1)C(=O)NC. The van der Waals surface area contributed by atoms with Gasteiger partial charge in [-0.05, 0) is 0 Å². The highest BCUT2D eigenvalue weighted by Crippen LogP contribution is 2.17. The number of carbonyl (C=O) groups is 1. The molecule has 0 aromatic carbocycles. The van der Waals surface area contributed by atoms with Crippen molar-refractivity contribution >= 4 is 5.91 Å². The van der Waals surface area contributed by atoms with Crippen LogP contribution < -0.4 is 5.32 Å². The first-order chi connectivity index (χ1) is 4.74. The standard InChI is InChI=1S/C7H11NO2/c1-5(7(9)8-2)3-6-4-10-6/h6H,1,3-4H2,2H3,(H,8,9). The lowest BCUT2D eigenvalue weighted by molar-refractivity contribution is -0.117. The lowest BCUT2D eigenvalue weighted by atomic mass is 10.1. The fourth-order valence-corrected chi connectivity index (χ4v) is 0.730. The number of hydrogen-bond acceptors (Lipinski definition) is 2. The molecule has 1 rings (SSSR count). The van der Waals surface area contributed by atoms with Crippen molar-refractivity contribution in [3.63, 3.8) is 0 Å². The molecule has 1 atom stereocenters. The van der Waals surface area contributed by atoms with Crippen LogP contribution in [-0.2, 0) is 9.53 Å². The summed E-state index contributed by atoms with van der Waals surface area (Å²) < 4.78 is 4.93. The van der Waals surface area contributed by atoms with E-state index < -0.39 is 0 Å².